The molecule has 1 amide bonds. The largest absolute Gasteiger partial charge is 0.479 e. The van der Waals surface area contributed by atoms with E-state index in [4.69, 9.17) is 9.84 Å². The first-order valence-electron chi connectivity index (χ1n) is 6.38. The number of hydrogen-bond donors (Lipinski definition) is 2. The van der Waals surface area contributed by atoms with E-state index in [9.17, 15) is 9.59 Å². The zero-order valence-corrected chi connectivity index (χ0v) is 10.8. The molecule has 0 saturated carbocycles. The third-order valence-electron chi connectivity index (χ3n) is 2.97. The predicted octanol–water partition coefficient (Wildman–Crippen LogP) is 1.48. The van der Waals surface area contributed by atoms with Crippen LogP contribution in [0.2, 0.25) is 0 Å². The Morgan fingerprint density at radius 2 is 2.28 bits per heavy atom. The van der Waals surface area contributed by atoms with Gasteiger partial charge in [-0.3, -0.25) is 4.79 Å². The molecule has 1 rings (SSSR count). The van der Waals surface area contributed by atoms with Crippen LogP contribution in [-0.2, 0) is 14.3 Å². The van der Waals surface area contributed by atoms with Crippen molar-refractivity contribution in [2.75, 3.05) is 13.2 Å². The molecule has 1 atom stereocenters. The number of amides is 1. The molecule has 0 spiro atoms. The van der Waals surface area contributed by atoms with Gasteiger partial charge in [-0.05, 0) is 39.0 Å². The molecule has 0 saturated heterocycles. The smallest absolute Gasteiger partial charge is 0.332 e. The molecule has 0 heterocycles. The summed E-state index contributed by atoms with van der Waals surface area (Å²) in [7, 11) is 0. The first kappa shape index (κ1) is 14.7. The first-order valence-corrected chi connectivity index (χ1v) is 6.38. The monoisotopic (exact) mass is 255 g/mol. The van der Waals surface area contributed by atoms with Crippen LogP contribution < -0.4 is 5.32 Å². The van der Waals surface area contributed by atoms with E-state index < -0.39 is 12.1 Å². The van der Waals surface area contributed by atoms with Crippen molar-refractivity contribution in [1.29, 1.82) is 0 Å². The number of hydrogen-bond acceptors (Lipinski definition) is 3. The summed E-state index contributed by atoms with van der Waals surface area (Å²) in [5, 5.41) is 11.3. The maximum atomic E-state index is 11.4. The molecule has 102 valence electrons. The van der Waals surface area contributed by atoms with Crippen molar-refractivity contribution in [3.05, 3.63) is 11.6 Å². The lowest BCUT2D eigenvalue weighted by molar-refractivity contribution is -0.150. The van der Waals surface area contributed by atoms with Gasteiger partial charge in [0, 0.05) is 6.54 Å². The second kappa shape index (κ2) is 7.87. The molecule has 0 fully saturated rings. The molecule has 0 radical (unpaired) electrons. The lowest BCUT2D eigenvalue weighted by Gasteiger charge is -2.13. The van der Waals surface area contributed by atoms with Gasteiger partial charge in [0.15, 0.2) is 6.10 Å². The van der Waals surface area contributed by atoms with Crippen LogP contribution in [0.3, 0.4) is 0 Å². The van der Waals surface area contributed by atoms with Crippen molar-refractivity contribution in [1.82, 2.24) is 5.32 Å². The van der Waals surface area contributed by atoms with Crippen molar-refractivity contribution in [2.24, 2.45) is 0 Å². The Morgan fingerprint density at radius 1 is 1.50 bits per heavy atom. The highest BCUT2D eigenvalue weighted by molar-refractivity contribution is 5.78. The van der Waals surface area contributed by atoms with Gasteiger partial charge in [-0.1, -0.05) is 11.6 Å². The molecule has 1 aliphatic carbocycles. The Labute approximate surface area is 107 Å². The quantitative estimate of drug-likeness (QED) is 0.676. The summed E-state index contributed by atoms with van der Waals surface area (Å²) in [4.78, 5) is 21.8. The van der Waals surface area contributed by atoms with Gasteiger partial charge in [0.1, 0.15) is 6.61 Å². The SMILES string of the molecule is C[C@@H](OCC(=O)NCCC1=CCCCC1)C(=O)O. The van der Waals surface area contributed by atoms with Gasteiger partial charge < -0.3 is 15.2 Å². The Hall–Kier alpha value is -1.36. The maximum Gasteiger partial charge on any atom is 0.332 e. The number of carbonyl (C=O) groups is 2. The van der Waals surface area contributed by atoms with E-state index in [0.717, 1.165) is 19.3 Å². The summed E-state index contributed by atoms with van der Waals surface area (Å²) in [5.41, 5.74) is 1.40. The molecule has 18 heavy (non-hydrogen) atoms. The summed E-state index contributed by atoms with van der Waals surface area (Å²) in [6.07, 6.45) is 6.94. The van der Waals surface area contributed by atoms with Crippen LogP contribution in [0.1, 0.15) is 39.0 Å². The molecular weight excluding hydrogens is 234 g/mol. The number of rotatable bonds is 7. The molecule has 1 aliphatic rings. The van der Waals surface area contributed by atoms with Crippen LogP contribution in [0.25, 0.3) is 0 Å². The summed E-state index contributed by atoms with van der Waals surface area (Å²) in [6, 6.07) is 0. The van der Waals surface area contributed by atoms with E-state index >= 15 is 0 Å². The van der Waals surface area contributed by atoms with E-state index in [1.807, 2.05) is 0 Å². The number of carboxylic acids is 1. The fourth-order valence-electron chi connectivity index (χ4n) is 1.82. The zero-order valence-electron chi connectivity index (χ0n) is 10.8. The topological polar surface area (TPSA) is 75.6 Å². The number of nitrogens with one attached hydrogen (secondary N) is 1. The molecule has 0 aliphatic heterocycles. The summed E-state index contributed by atoms with van der Waals surface area (Å²) < 4.78 is 4.88. The fourth-order valence-corrected chi connectivity index (χ4v) is 1.82. The van der Waals surface area contributed by atoms with E-state index in [0.29, 0.717) is 6.54 Å². The second-order valence-electron chi connectivity index (χ2n) is 4.50. The van der Waals surface area contributed by atoms with Crippen molar-refractivity contribution in [3.8, 4) is 0 Å². The Kier molecular flexibility index (Phi) is 6.43. The lowest BCUT2D eigenvalue weighted by Crippen LogP contribution is -2.32. The molecule has 5 nitrogen and oxygen atoms in total. The average Bonchev–Trinajstić information content (AvgIpc) is 2.37. The summed E-state index contributed by atoms with van der Waals surface area (Å²) >= 11 is 0. The third kappa shape index (κ3) is 5.82. The third-order valence-corrected chi connectivity index (χ3v) is 2.97. The van der Waals surface area contributed by atoms with E-state index in [-0.39, 0.29) is 12.5 Å². The molecule has 0 aromatic heterocycles. The Balaban J connectivity index is 2.09. The Bertz CT molecular complexity index is 325. The molecule has 2 N–H and O–H groups in total. The molecular formula is C13H21NO4. The Morgan fingerprint density at radius 3 is 2.89 bits per heavy atom. The van der Waals surface area contributed by atoms with Crippen molar-refractivity contribution >= 4 is 11.9 Å². The number of allylic oxidation sites excluding steroid dienone is 1. The van der Waals surface area contributed by atoms with E-state index in [1.54, 1.807) is 0 Å². The molecule has 0 bridgehead atoms. The average molecular weight is 255 g/mol. The highest BCUT2D eigenvalue weighted by Crippen LogP contribution is 2.19. The number of carboxylic acid groups (broad SMARTS) is 1. The number of carbonyl (C=O) groups excluding carboxylic acids is 1. The number of aliphatic carboxylic acids is 1. The lowest BCUT2D eigenvalue weighted by atomic mass is 9.97. The standard InChI is InChI=1S/C13H21NO4/c1-10(13(16)17)18-9-12(15)14-8-7-11-5-3-2-4-6-11/h5,10H,2-4,6-9H2,1H3,(H,14,15)(H,16,17)/t10-/m1/s1. The van der Waals surface area contributed by atoms with Gasteiger partial charge in [0.25, 0.3) is 0 Å². The van der Waals surface area contributed by atoms with E-state index in [1.165, 1.54) is 25.3 Å². The maximum absolute atomic E-state index is 11.4. The predicted molar refractivity (Wildman–Crippen MR) is 67.2 cm³/mol. The summed E-state index contributed by atoms with van der Waals surface area (Å²) in [6.45, 7) is 1.80. The van der Waals surface area contributed by atoms with Crippen LogP contribution in [0, 0.1) is 0 Å². The number of ether oxygens (including phenoxy) is 1. The van der Waals surface area contributed by atoms with E-state index in [2.05, 4.69) is 11.4 Å². The molecule has 0 aromatic carbocycles. The normalized spacial score (nSPS) is 16.8. The van der Waals surface area contributed by atoms with Crippen LogP contribution in [0.15, 0.2) is 11.6 Å². The van der Waals surface area contributed by atoms with Crippen molar-refractivity contribution in [3.63, 3.8) is 0 Å². The first-order chi connectivity index (χ1) is 8.59. The van der Waals surface area contributed by atoms with Crippen LogP contribution in [0.5, 0.6) is 0 Å². The van der Waals surface area contributed by atoms with Crippen LogP contribution in [-0.4, -0.2) is 36.2 Å². The van der Waals surface area contributed by atoms with Gasteiger partial charge in [-0.2, -0.15) is 0 Å². The van der Waals surface area contributed by atoms with Crippen LogP contribution in [0.4, 0.5) is 0 Å². The van der Waals surface area contributed by atoms with Gasteiger partial charge >= 0.3 is 5.97 Å². The highest BCUT2D eigenvalue weighted by atomic mass is 16.5. The minimum Gasteiger partial charge on any atom is -0.479 e. The fraction of sp³-hybridized carbons (Fsp3) is 0.692. The second-order valence-corrected chi connectivity index (χ2v) is 4.50. The van der Waals surface area contributed by atoms with Gasteiger partial charge in [-0.25, -0.2) is 4.79 Å². The minimum atomic E-state index is -1.06. The van der Waals surface area contributed by atoms with Crippen molar-refractivity contribution < 1.29 is 19.4 Å². The zero-order chi connectivity index (χ0) is 13.4. The van der Waals surface area contributed by atoms with Gasteiger partial charge in [0.2, 0.25) is 5.91 Å². The van der Waals surface area contributed by atoms with Gasteiger partial charge in [0.05, 0.1) is 0 Å². The molecule has 0 unspecified atom stereocenters. The van der Waals surface area contributed by atoms with Crippen LogP contribution >= 0.6 is 0 Å². The summed E-state index contributed by atoms with van der Waals surface area (Å²) in [5.74, 6) is -1.32. The van der Waals surface area contributed by atoms with Crippen molar-refractivity contribution in [2.45, 2.75) is 45.1 Å². The van der Waals surface area contributed by atoms with Gasteiger partial charge in [-0.15, -0.1) is 0 Å². The molecule has 5 heteroatoms. The molecule has 0 aromatic rings. The highest BCUT2D eigenvalue weighted by Gasteiger charge is 2.13. The minimum absolute atomic E-state index is 0.202.